The molecule has 3 aromatic heterocycles. The van der Waals surface area contributed by atoms with Crippen molar-refractivity contribution in [3.05, 3.63) is 89.2 Å². The molecule has 2 aromatic carbocycles. The molecule has 5 aromatic rings. The zero-order valence-corrected chi connectivity index (χ0v) is 22.9. The summed E-state index contributed by atoms with van der Waals surface area (Å²) in [6, 6.07) is 19.5. The number of carbonyl (C=O) groups excluding carboxylic acids is 2. The lowest BCUT2D eigenvalue weighted by atomic mass is 9.86. The smallest absolute Gasteiger partial charge is 0.278 e. The van der Waals surface area contributed by atoms with Crippen molar-refractivity contribution in [3.63, 3.8) is 0 Å². The zero-order valence-electron chi connectivity index (χ0n) is 22.1. The number of nitrogens with one attached hydrogen (secondary N) is 2. The molecule has 0 saturated heterocycles. The largest absolute Gasteiger partial charge is 0.382 e. The van der Waals surface area contributed by atoms with E-state index in [4.69, 9.17) is 16.5 Å². The van der Waals surface area contributed by atoms with E-state index < -0.39 is 0 Å². The minimum absolute atomic E-state index is 0.0853. The Labute approximate surface area is 230 Å². The first kappa shape index (κ1) is 27.6. The molecule has 5 rings (SSSR count). The van der Waals surface area contributed by atoms with Gasteiger partial charge in [0.05, 0.1) is 10.4 Å². The van der Waals surface area contributed by atoms with E-state index in [1.165, 1.54) is 29.3 Å². The maximum atomic E-state index is 12.1. The summed E-state index contributed by atoms with van der Waals surface area (Å²) in [7, 11) is 0. The van der Waals surface area contributed by atoms with Crippen LogP contribution in [0.25, 0.3) is 21.1 Å². The monoisotopic (exact) mass is 541 g/mol. The fourth-order valence-corrected chi connectivity index (χ4v) is 4.66. The van der Waals surface area contributed by atoms with Crippen molar-refractivity contribution in [1.82, 2.24) is 20.3 Å². The topological polar surface area (TPSA) is 149 Å². The molecule has 0 saturated carbocycles. The molecule has 9 nitrogen and oxygen atoms in total. The highest BCUT2D eigenvalue weighted by Crippen LogP contribution is 2.30. The average molecular weight is 542 g/mol. The number of rotatable bonds is 5. The van der Waals surface area contributed by atoms with Crippen LogP contribution in [0.15, 0.2) is 73.1 Å². The van der Waals surface area contributed by atoms with Gasteiger partial charge in [0.25, 0.3) is 11.8 Å². The van der Waals surface area contributed by atoms with Crippen molar-refractivity contribution in [2.24, 2.45) is 5.73 Å². The summed E-state index contributed by atoms with van der Waals surface area (Å²) in [5.74, 6) is -0.328. The number of carbonyl (C=O) groups is 2. The van der Waals surface area contributed by atoms with Crippen molar-refractivity contribution in [2.75, 3.05) is 24.1 Å². The number of anilines is 2. The molecule has 0 fully saturated rings. The molecule has 0 unspecified atom stereocenters. The van der Waals surface area contributed by atoms with Crippen LogP contribution < -0.4 is 22.1 Å². The van der Waals surface area contributed by atoms with E-state index in [9.17, 15) is 9.59 Å². The number of hydrogen-bond donors (Lipinski definition) is 4. The van der Waals surface area contributed by atoms with Gasteiger partial charge in [-0.25, -0.2) is 15.0 Å². The predicted octanol–water partition coefficient (Wildman–Crippen LogP) is 4.75. The van der Waals surface area contributed by atoms with Gasteiger partial charge in [0.2, 0.25) is 0 Å². The number of aromatic nitrogens is 3. The molecule has 3 heterocycles. The molecule has 0 radical (unpaired) electrons. The van der Waals surface area contributed by atoms with Crippen LogP contribution in [0.3, 0.4) is 0 Å². The lowest BCUT2D eigenvalue weighted by molar-refractivity contribution is 0.0957. The van der Waals surface area contributed by atoms with Gasteiger partial charge in [-0.05, 0) is 47.4 Å². The van der Waals surface area contributed by atoms with Gasteiger partial charge in [-0.15, -0.1) is 11.3 Å². The van der Waals surface area contributed by atoms with Gasteiger partial charge >= 0.3 is 0 Å². The molecule has 2 amide bonds. The summed E-state index contributed by atoms with van der Waals surface area (Å²) in [6.07, 6.45) is 2.87. The number of pyridine rings is 1. The zero-order chi connectivity index (χ0) is 28.0. The van der Waals surface area contributed by atoms with E-state index in [1.807, 2.05) is 24.3 Å². The van der Waals surface area contributed by atoms with Gasteiger partial charge < -0.3 is 22.1 Å². The summed E-state index contributed by atoms with van der Waals surface area (Å²) in [6.45, 7) is 7.52. The van der Waals surface area contributed by atoms with Gasteiger partial charge in [-0.2, -0.15) is 0 Å². The fraction of sp³-hybridized carbons (Fsp3) is 0.207. The third-order valence-corrected chi connectivity index (χ3v) is 6.84. The van der Waals surface area contributed by atoms with E-state index in [1.54, 1.807) is 12.1 Å². The van der Waals surface area contributed by atoms with Crippen LogP contribution in [0.1, 0.15) is 46.5 Å². The molecular weight excluding hydrogens is 510 g/mol. The van der Waals surface area contributed by atoms with E-state index in [-0.39, 0.29) is 28.7 Å². The van der Waals surface area contributed by atoms with Crippen molar-refractivity contribution in [2.45, 2.75) is 26.2 Å². The van der Waals surface area contributed by atoms with Crippen molar-refractivity contribution < 1.29 is 9.59 Å². The quantitative estimate of drug-likeness (QED) is 0.251. The van der Waals surface area contributed by atoms with E-state index >= 15 is 0 Å². The molecule has 6 N–H and O–H groups in total. The Morgan fingerprint density at radius 1 is 0.923 bits per heavy atom. The number of nitrogens with two attached hydrogens (primary N) is 2. The Bertz CT molecular complexity index is 1610. The third kappa shape index (κ3) is 6.92. The Hall–Kier alpha value is -4.41. The minimum Gasteiger partial charge on any atom is -0.382 e. The molecule has 0 aliphatic carbocycles. The molecular formula is C29H31N7O2S. The number of fused-ring (bicyclic) bond motifs is 2. The SMILES string of the molecule is CC(C)(C)c1ccc2nc3sc(C(=O)NCCN)cc3cc2c1.Nc1nccnc1C(=O)Nc1ccccc1. The third-order valence-electron chi connectivity index (χ3n) is 5.79. The molecule has 0 atom stereocenters. The minimum atomic E-state index is -0.364. The summed E-state index contributed by atoms with van der Waals surface area (Å²) in [5.41, 5.74) is 14.1. The van der Waals surface area contributed by atoms with Crippen LogP contribution in [-0.4, -0.2) is 39.9 Å². The Kier molecular flexibility index (Phi) is 8.48. The summed E-state index contributed by atoms with van der Waals surface area (Å²) in [4.78, 5) is 37.7. The van der Waals surface area contributed by atoms with Crippen molar-refractivity contribution in [3.8, 4) is 0 Å². The second kappa shape index (κ2) is 12.0. The number of nitrogens with zero attached hydrogens (tertiary/aromatic N) is 3. The van der Waals surface area contributed by atoms with E-state index in [0.29, 0.717) is 23.7 Å². The predicted molar refractivity (Wildman–Crippen MR) is 158 cm³/mol. The summed E-state index contributed by atoms with van der Waals surface area (Å²) >= 11 is 1.42. The van der Waals surface area contributed by atoms with Gasteiger partial charge in [-0.3, -0.25) is 9.59 Å². The fourth-order valence-electron chi connectivity index (χ4n) is 3.72. The van der Waals surface area contributed by atoms with Crippen LogP contribution in [0.2, 0.25) is 0 Å². The average Bonchev–Trinajstić information content (AvgIpc) is 3.33. The van der Waals surface area contributed by atoms with Crippen molar-refractivity contribution >= 4 is 55.8 Å². The maximum Gasteiger partial charge on any atom is 0.278 e. The number of para-hydroxylation sites is 1. The number of amides is 2. The lowest BCUT2D eigenvalue weighted by Gasteiger charge is -2.19. The number of nitrogen functional groups attached to an aromatic ring is 1. The van der Waals surface area contributed by atoms with E-state index in [2.05, 4.69) is 65.6 Å². The molecule has 10 heteroatoms. The second-order valence-electron chi connectivity index (χ2n) is 9.81. The first-order valence-electron chi connectivity index (χ1n) is 12.4. The molecule has 0 spiro atoms. The standard InChI is InChI=1S/C18H21N3OS.C11H10N4O/c1-18(2,3)13-4-5-14-11(9-13)8-12-10-15(23-17(12)21-14)16(22)20-7-6-19;12-10-9(13-6-7-14-10)11(16)15-8-4-2-1-3-5-8/h4-5,8-10H,6-7,19H2,1-3H3,(H,20,22);1-7H,(H2,12,14)(H,15,16). The highest BCUT2D eigenvalue weighted by molar-refractivity contribution is 7.20. The highest BCUT2D eigenvalue weighted by atomic mass is 32.1. The Balaban J connectivity index is 0.000000193. The van der Waals surface area contributed by atoms with Crippen LogP contribution in [-0.2, 0) is 5.41 Å². The van der Waals surface area contributed by atoms with Crippen LogP contribution >= 0.6 is 11.3 Å². The van der Waals surface area contributed by atoms with E-state index in [0.717, 1.165) is 21.1 Å². The summed E-state index contributed by atoms with van der Waals surface area (Å²) < 4.78 is 0. The van der Waals surface area contributed by atoms with Crippen LogP contribution in [0, 0.1) is 0 Å². The van der Waals surface area contributed by atoms with Crippen LogP contribution in [0.4, 0.5) is 11.5 Å². The van der Waals surface area contributed by atoms with Gasteiger partial charge in [0.1, 0.15) is 4.83 Å². The number of benzene rings is 2. The van der Waals surface area contributed by atoms with Crippen LogP contribution in [0.5, 0.6) is 0 Å². The highest BCUT2D eigenvalue weighted by Gasteiger charge is 2.16. The molecule has 200 valence electrons. The Morgan fingerprint density at radius 2 is 1.67 bits per heavy atom. The van der Waals surface area contributed by atoms with Gasteiger partial charge in [-0.1, -0.05) is 45.0 Å². The molecule has 39 heavy (non-hydrogen) atoms. The lowest BCUT2D eigenvalue weighted by Crippen LogP contribution is -2.28. The van der Waals surface area contributed by atoms with Crippen molar-refractivity contribution in [1.29, 1.82) is 0 Å². The molecule has 0 bridgehead atoms. The van der Waals surface area contributed by atoms with Gasteiger partial charge in [0, 0.05) is 41.9 Å². The normalized spacial score (nSPS) is 11.1. The number of hydrogen-bond acceptors (Lipinski definition) is 8. The number of thiophene rings is 1. The summed E-state index contributed by atoms with van der Waals surface area (Å²) in [5, 5.41) is 7.59. The maximum absolute atomic E-state index is 12.1. The molecule has 0 aliphatic heterocycles. The second-order valence-corrected chi connectivity index (χ2v) is 10.8. The Morgan fingerprint density at radius 3 is 2.36 bits per heavy atom. The first-order valence-corrected chi connectivity index (χ1v) is 13.2. The van der Waals surface area contributed by atoms with Gasteiger partial charge in [0.15, 0.2) is 11.5 Å². The molecule has 0 aliphatic rings. The first-order chi connectivity index (χ1) is 18.7.